The van der Waals surface area contributed by atoms with Crippen LogP contribution in [0, 0.1) is 0 Å². The molecular weight excluding hydrogens is 302 g/mol. The quantitative estimate of drug-likeness (QED) is 0.814. The van der Waals surface area contributed by atoms with Crippen molar-refractivity contribution in [2.45, 2.75) is 19.1 Å². The summed E-state index contributed by atoms with van der Waals surface area (Å²) in [7, 11) is 0. The number of rotatable bonds is 6. The number of ether oxygens (including phenoxy) is 2. The Balaban J connectivity index is 2.02. The Morgan fingerprint density at radius 3 is 1.77 bits per heavy atom. The first kappa shape index (κ1) is 16.1. The lowest BCUT2D eigenvalue weighted by Gasteiger charge is -2.16. The summed E-state index contributed by atoms with van der Waals surface area (Å²) in [6.45, 7) is 0.407. The maximum absolute atomic E-state index is 12.7. The van der Waals surface area contributed by atoms with Crippen LogP contribution in [-0.4, -0.2) is 12.5 Å². The molecule has 2 aromatic carbocycles. The molecule has 0 amide bonds. The third kappa shape index (κ3) is 4.11. The Labute approximate surface area is 124 Å². The third-order valence-corrected chi connectivity index (χ3v) is 2.73. The number of nitrogens with two attached hydrogens (primary N) is 1. The highest BCUT2D eigenvalue weighted by Gasteiger charge is 2.43. The van der Waals surface area contributed by atoms with E-state index in [1.54, 1.807) is 24.3 Å². The van der Waals surface area contributed by atoms with Gasteiger partial charge in [0, 0.05) is 6.54 Å². The number of hydrogen-bond donors (Lipinski definition) is 1. The smallest absolute Gasteiger partial charge is 0.457 e. The Morgan fingerprint density at radius 2 is 1.32 bits per heavy atom. The largest absolute Gasteiger partial charge is 0.461 e. The van der Waals surface area contributed by atoms with E-state index in [1.807, 2.05) is 0 Å². The van der Waals surface area contributed by atoms with Crippen LogP contribution in [0.3, 0.4) is 0 Å². The molecule has 118 valence electrons. The van der Waals surface area contributed by atoms with Gasteiger partial charge in [-0.1, -0.05) is 12.1 Å². The topological polar surface area (TPSA) is 44.5 Å². The summed E-state index contributed by atoms with van der Waals surface area (Å²) < 4.78 is 58.9. The fraction of sp³-hybridized carbons (Fsp3) is 0.200. The second-order valence-corrected chi connectivity index (χ2v) is 4.39. The summed E-state index contributed by atoms with van der Waals surface area (Å²) in [6.07, 6.45) is -8.43. The molecule has 0 atom stereocenters. The predicted octanol–water partition coefficient (Wildman–Crippen LogP) is 4.17. The van der Waals surface area contributed by atoms with E-state index in [0.29, 0.717) is 18.0 Å². The van der Waals surface area contributed by atoms with Crippen LogP contribution < -0.4 is 15.2 Å². The van der Waals surface area contributed by atoms with Crippen LogP contribution in [0.15, 0.2) is 48.5 Å². The molecule has 0 radical (unpaired) electrons. The standard InChI is InChI=1S/C15H13F4NO2/c16-14(17)15(18,19)22-13-7-5-12(6-8-13)21-11-3-1-10(9-20)2-4-11/h1-8,14H,9,20H2. The van der Waals surface area contributed by atoms with Gasteiger partial charge in [0.1, 0.15) is 17.2 Å². The monoisotopic (exact) mass is 315 g/mol. The average Bonchev–Trinajstić information content (AvgIpc) is 2.49. The fourth-order valence-corrected chi connectivity index (χ4v) is 1.61. The van der Waals surface area contributed by atoms with Crippen LogP contribution in [0.1, 0.15) is 5.56 Å². The summed E-state index contributed by atoms with van der Waals surface area (Å²) in [5, 5.41) is 0. The van der Waals surface area contributed by atoms with Crippen LogP contribution in [0.25, 0.3) is 0 Å². The van der Waals surface area contributed by atoms with Crippen molar-refractivity contribution in [2.75, 3.05) is 0 Å². The summed E-state index contributed by atoms with van der Waals surface area (Å²) in [6, 6.07) is 11.9. The second kappa shape index (κ2) is 6.65. The highest BCUT2D eigenvalue weighted by Crippen LogP contribution is 2.29. The maximum atomic E-state index is 12.7. The summed E-state index contributed by atoms with van der Waals surface area (Å²) in [5.74, 6) is 0.508. The fourth-order valence-electron chi connectivity index (χ4n) is 1.61. The Bertz CT molecular complexity index is 600. The van der Waals surface area contributed by atoms with Gasteiger partial charge in [-0.15, -0.1) is 0 Å². The van der Waals surface area contributed by atoms with Gasteiger partial charge in [0.25, 0.3) is 0 Å². The van der Waals surface area contributed by atoms with E-state index in [0.717, 1.165) is 17.7 Å². The summed E-state index contributed by atoms with van der Waals surface area (Å²) >= 11 is 0. The van der Waals surface area contributed by atoms with E-state index >= 15 is 0 Å². The van der Waals surface area contributed by atoms with Gasteiger partial charge in [-0.25, -0.2) is 0 Å². The highest BCUT2D eigenvalue weighted by atomic mass is 19.3. The second-order valence-electron chi connectivity index (χ2n) is 4.39. The van der Waals surface area contributed by atoms with Gasteiger partial charge in [-0.3, -0.25) is 0 Å². The van der Waals surface area contributed by atoms with Gasteiger partial charge in [0.05, 0.1) is 0 Å². The molecule has 2 aromatic rings. The minimum Gasteiger partial charge on any atom is -0.457 e. The van der Waals surface area contributed by atoms with E-state index in [4.69, 9.17) is 10.5 Å². The van der Waals surface area contributed by atoms with E-state index in [9.17, 15) is 17.6 Å². The van der Waals surface area contributed by atoms with Crippen molar-refractivity contribution in [3.63, 3.8) is 0 Å². The number of halogens is 4. The highest BCUT2D eigenvalue weighted by molar-refractivity contribution is 5.36. The molecule has 0 fully saturated rings. The minimum absolute atomic E-state index is 0.355. The van der Waals surface area contributed by atoms with Crippen LogP contribution >= 0.6 is 0 Å². The Kier molecular flexibility index (Phi) is 4.87. The molecule has 2 rings (SSSR count). The minimum atomic E-state index is -4.53. The number of alkyl halides is 4. The van der Waals surface area contributed by atoms with E-state index < -0.39 is 12.5 Å². The van der Waals surface area contributed by atoms with Gasteiger partial charge in [-0.2, -0.15) is 17.6 Å². The van der Waals surface area contributed by atoms with Gasteiger partial charge in [-0.05, 0) is 42.0 Å². The predicted molar refractivity (Wildman–Crippen MR) is 72.4 cm³/mol. The molecule has 0 aliphatic carbocycles. The van der Waals surface area contributed by atoms with Crippen molar-refractivity contribution in [1.29, 1.82) is 0 Å². The normalized spacial score (nSPS) is 11.5. The van der Waals surface area contributed by atoms with Crippen molar-refractivity contribution in [3.8, 4) is 17.2 Å². The number of benzene rings is 2. The lowest BCUT2D eigenvalue weighted by Crippen LogP contribution is -2.33. The Morgan fingerprint density at radius 1 is 0.864 bits per heavy atom. The first-order valence-corrected chi connectivity index (χ1v) is 6.32. The van der Waals surface area contributed by atoms with Gasteiger partial charge >= 0.3 is 12.5 Å². The molecule has 2 N–H and O–H groups in total. The Hall–Kier alpha value is -2.28. The lowest BCUT2D eigenvalue weighted by molar-refractivity contribution is -0.253. The summed E-state index contributed by atoms with van der Waals surface area (Å²) in [4.78, 5) is 0. The molecular formula is C15H13F4NO2. The molecule has 0 spiro atoms. The zero-order chi connectivity index (χ0) is 16.2. The maximum Gasteiger partial charge on any atom is 0.461 e. The molecule has 0 bridgehead atoms. The first-order valence-electron chi connectivity index (χ1n) is 6.32. The van der Waals surface area contributed by atoms with Crippen molar-refractivity contribution in [1.82, 2.24) is 0 Å². The van der Waals surface area contributed by atoms with Crippen LogP contribution in [0.4, 0.5) is 17.6 Å². The molecule has 0 saturated carbocycles. The van der Waals surface area contributed by atoms with Crippen LogP contribution in [0.5, 0.6) is 17.2 Å². The third-order valence-electron chi connectivity index (χ3n) is 2.73. The zero-order valence-electron chi connectivity index (χ0n) is 11.3. The molecule has 0 unspecified atom stereocenters. The van der Waals surface area contributed by atoms with E-state index in [1.165, 1.54) is 12.1 Å². The molecule has 7 heteroatoms. The first-order chi connectivity index (χ1) is 10.4. The molecule has 0 saturated heterocycles. The number of hydrogen-bond acceptors (Lipinski definition) is 3. The summed E-state index contributed by atoms with van der Waals surface area (Å²) in [5.41, 5.74) is 6.41. The molecule has 0 heterocycles. The van der Waals surface area contributed by atoms with Crippen LogP contribution in [-0.2, 0) is 6.54 Å². The van der Waals surface area contributed by atoms with E-state index in [2.05, 4.69) is 4.74 Å². The molecule has 22 heavy (non-hydrogen) atoms. The zero-order valence-corrected chi connectivity index (χ0v) is 11.3. The van der Waals surface area contributed by atoms with Crippen molar-refractivity contribution in [2.24, 2.45) is 5.73 Å². The van der Waals surface area contributed by atoms with E-state index in [-0.39, 0.29) is 5.75 Å². The van der Waals surface area contributed by atoms with Crippen molar-refractivity contribution < 1.29 is 27.0 Å². The average molecular weight is 315 g/mol. The van der Waals surface area contributed by atoms with Gasteiger partial charge < -0.3 is 15.2 Å². The SMILES string of the molecule is NCc1ccc(Oc2ccc(OC(F)(F)C(F)F)cc2)cc1. The van der Waals surface area contributed by atoms with Crippen LogP contribution in [0.2, 0.25) is 0 Å². The molecule has 0 aliphatic heterocycles. The van der Waals surface area contributed by atoms with Crippen molar-refractivity contribution >= 4 is 0 Å². The van der Waals surface area contributed by atoms with Gasteiger partial charge in [0.15, 0.2) is 0 Å². The molecule has 3 nitrogen and oxygen atoms in total. The lowest BCUT2D eigenvalue weighted by atomic mass is 10.2. The van der Waals surface area contributed by atoms with Crippen molar-refractivity contribution in [3.05, 3.63) is 54.1 Å². The van der Waals surface area contributed by atoms with Gasteiger partial charge in [0.2, 0.25) is 0 Å². The molecule has 0 aromatic heterocycles. The molecule has 0 aliphatic rings.